The molecule has 0 saturated heterocycles. The smallest absolute Gasteiger partial charge is 0.342 e. The third kappa shape index (κ3) is 2.13. The largest absolute Gasteiger partial charge is 0.507 e. The lowest BCUT2D eigenvalue weighted by atomic mass is 10.0. The number of phenolic OH excluding ortho intramolecular Hbond substituents is 1. The van der Waals surface area contributed by atoms with Gasteiger partial charge >= 0.3 is 5.97 Å². The summed E-state index contributed by atoms with van der Waals surface area (Å²) in [6.45, 7) is 1.63. The summed E-state index contributed by atoms with van der Waals surface area (Å²) >= 11 is 0. The number of esters is 1. The number of aromatic hydroxyl groups is 1. The summed E-state index contributed by atoms with van der Waals surface area (Å²) in [6, 6.07) is 4.60. The normalized spacial score (nSPS) is 11.9. The van der Waals surface area contributed by atoms with Gasteiger partial charge in [0.2, 0.25) is 5.71 Å². The number of nitrogens with zero attached hydrogens (tertiary/aromatic N) is 1. The molecular weight excluding hydrogens is 210 g/mol. The van der Waals surface area contributed by atoms with Crippen molar-refractivity contribution in [3.05, 3.63) is 29.3 Å². The second-order valence-corrected chi connectivity index (χ2v) is 3.30. The average Bonchev–Trinajstić information content (AvgIpc) is 2.26. The number of ether oxygens (including phenoxy) is 1. The number of rotatable bonds is 2. The van der Waals surface area contributed by atoms with Crippen LogP contribution >= 0.6 is 0 Å². The zero-order valence-corrected chi connectivity index (χ0v) is 9.39. The first kappa shape index (κ1) is 12.0. The second kappa shape index (κ2) is 4.65. The fourth-order valence-corrected chi connectivity index (χ4v) is 1.33. The van der Waals surface area contributed by atoms with Gasteiger partial charge in [0.25, 0.3) is 0 Å². The van der Waals surface area contributed by atoms with E-state index in [4.69, 9.17) is 0 Å². The van der Waals surface area contributed by atoms with Gasteiger partial charge in [-0.25, -0.2) is 4.79 Å². The van der Waals surface area contributed by atoms with E-state index in [2.05, 4.69) is 4.74 Å². The Bertz CT molecular complexity index is 447. The molecule has 0 aliphatic heterocycles. The number of benzene rings is 1. The maximum absolute atomic E-state index is 11.5. The van der Waals surface area contributed by atoms with Crippen LogP contribution in [-0.4, -0.2) is 40.9 Å². The Kier molecular flexibility index (Phi) is 3.50. The van der Waals surface area contributed by atoms with Crippen LogP contribution in [0.3, 0.4) is 0 Å². The molecule has 1 aromatic rings. The molecule has 86 valence electrons. The standard InChI is InChI=1S/C11H13NO4/c1-7(12(2)15)8-5-4-6-9(13)10(8)11(14)16-3/h4-6H,1-3H3,(H-,13,14,15)/p+1. The van der Waals surface area contributed by atoms with E-state index in [1.54, 1.807) is 19.1 Å². The highest BCUT2D eigenvalue weighted by atomic mass is 16.5. The quantitative estimate of drug-likeness (QED) is 0.259. The monoisotopic (exact) mass is 224 g/mol. The highest BCUT2D eigenvalue weighted by molar-refractivity contribution is 6.07. The summed E-state index contributed by atoms with van der Waals surface area (Å²) in [5.74, 6) is -0.820. The van der Waals surface area contributed by atoms with Gasteiger partial charge < -0.3 is 9.84 Å². The highest BCUT2D eigenvalue weighted by Gasteiger charge is 2.22. The number of hydrogen-bond acceptors (Lipinski definition) is 4. The number of hydroxylamine groups is 1. The molecule has 0 saturated carbocycles. The Morgan fingerprint density at radius 1 is 1.44 bits per heavy atom. The van der Waals surface area contributed by atoms with E-state index in [9.17, 15) is 15.1 Å². The lowest BCUT2D eigenvalue weighted by Gasteiger charge is -2.06. The zero-order chi connectivity index (χ0) is 12.3. The molecular formula is C11H14NO4+. The van der Waals surface area contributed by atoms with Crippen molar-refractivity contribution >= 4 is 11.7 Å². The molecule has 5 nitrogen and oxygen atoms in total. The minimum Gasteiger partial charge on any atom is -0.507 e. The van der Waals surface area contributed by atoms with Crippen LogP contribution in [-0.2, 0) is 4.74 Å². The van der Waals surface area contributed by atoms with Gasteiger partial charge in [-0.05, 0) is 16.9 Å². The van der Waals surface area contributed by atoms with Gasteiger partial charge in [-0.15, -0.1) is 0 Å². The van der Waals surface area contributed by atoms with Crippen LogP contribution < -0.4 is 0 Å². The SMILES string of the molecule is COC(=O)c1c(O)cccc1C(C)=[N+](C)O. The number of phenols is 1. The maximum Gasteiger partial charge on any atom is 0.342 e. The molecule has 0 atom stereocenters. The van der Waals surface area contributed by atoms with E-state index in [1.165, 1.54) is 20.2 Å². The summed E-state index contributed by atoms with van der Waals surface area (Å²) in [6.07, 6.45) is 0. The molecule has 1 aromatic carbocycles. The average molecular weight is 224 g/mol. The first-order valence-corrected chi connectivity index (χ1v) is 4.65. The van der Waals surface area contributed by atoms with Gasteiger partial charge in [0.15, 0.2) is 7.05 Å². The van der Waals surface area contributed by atoms with Crippen LogP contribution in [0.2, 0.25) is 0 Å². The van der Waals surface area contributed by atoms with Crippen molar-refractivity contribution in [3.63, 3.8) is 0 Å². The number of methoxy groups -OCH3 is 1. The van der Waals surface area contributed by atoms with Crippen molar-refractivity contribution in [2.75, 3.05) is 14.2 Å². The van der Waals surface area contributed by atoms with Crippen molar-refractivity contribution in [1.82, 2.24) is 0 Å². The first-order chi connectivity index (χ1) is 7.49. The highest BCUT2D eigenvalue weighted by Crippen LogP contribution is 2.22. The van der Waals surface area contributed by atoms with Crippen LogP contribution in [0.15, 0.2) is 18.2 Å². The van der Waals surface area contributed by atoms with E-state index in [1.807, 2.05) is 0 Å². The fourth-order valence-electron chi connectivity index (χ4n) is 1.33. The van der Waals surface area contributed by atoms with Crippen molar-refractivity contribution in [1.29, 1.82) is 0 Å². The van der Waals surface area contributed by atoms with Crippen LogP contribution in [0.1, 0.15) is 22.8 Å². The van der Waals surface area contributed by atoms with Crippen LogP contribution in [0, 0.1) is 0 Å². The Morgan fingerprint density at radius 3 is 2.56 bits per heavy atom. The Hall–Kier alpha value is -2.04. The summed E-state index contributed by atoms with van der Waals surface area (Å²) in [5, 5.41) is 18.9. The maximum atomic E-state index is 11.5. The van der Waals surface area contributed by atoms with E-state index in [-0.39, 0.29) is 11.3 Å². The van der Waals surface area contributed by atoms with Crippen molar-refractivity contribution in [2.24, 2.45) is 0 Å². The van der Waals surface area contributed by atoms with Crippen LogP contribution in [0.5, 0.6) is 5.75 Å². The molecule has 0 aliphatic carbocycles. The molecule has 2 N–H and O–H groups in total. The predicted octanol–water partition coefficient (Wildman–Crippen LogP) is 1.02. The van der Waals surface area contributed by atoms with Gasteiger partial charge in [-0.2, -0.15) is 0 Å². The molecule has 0 heterocycles. The molecule has 5 heteroatoms. The molecule has 0 aromatic heterocycles. The third-order valence-electron chi connectivity index (χ3n) is 2.31. The summed E-state index contributed by atoms with van der Waals surface area (Å²) < 4.78 is 5.45. The van der Waals surface area contributed by atoms with E-state index in [0.29, 0.717) is 11.3 Å². The second-order valence-electron chi connectivity index (χ2n) is 3.30. The molecule has 0 fully saturated rings. The van der Waals surface area contributed by atoms with Gasteiger partial charge in [0.05, 0.1) is 12.7 Å². The minimum atomic E-state index is -0.644. The van der Waals surface area contributed by atoms with Crippen LogP contribution in [0.4, 0.5) is 0 Å². The topological polar surface area (TPSA) is 69.8 Å². The molecule has 0 aliphatic rings. The van der Waals surface area contributed by atoms with E-state index in [0.717, 1.165) is 4.74 Å². The van der Waals surface area contributed by atoms with Crippen molar-refractivity contribution in [2.45, 2.75) is 6.92 Å². The first-order valence-electron chi connectivity index (χ1n) is 4.65. The Morgan fingerprint density at radius 2 is 2.06 bits per heavy atom. The van der Waals surface area contributed by atoms with E-state index >= 15 is 0 Å². The van der Waals surface area contributed by atoms with Gasteiger partial charge in [-0.1, -0.05) is 6.07 Å². The molecule has 0 amide bonds. The van der Waals surface area contributed by atoms with Crippen molar-refractivity contribution < 1.29 is 24.6 Å². The third-order valence-corrected chi connectivity index (χ3v) is 2.31. The molecule has 0 radical (unpaired) electrons. The van der Waals surface area contributed by atoms with Gasteiger partial charge in [-0.3, -0.25) is 5.21 Å². The van der Waals surface area contributed by atoms with Crippen molar-refractivity contribution in [3.8, 4) is 5.75 Å². The number of carbonyl (C=O) groups is 1. The molecule has 16 heavy (non-hydrogen) atoms. The summed E-state index contributed by atoms with van der Waals surface area (Å²) in [7, 11) is 2.66. The Balaban J connectivity index is 3.46. The summed E-state index contributed by atoms with van der Waals surface area (Å²) in [5.41, 5.74) is 0.913. The Labute approximate surface area is 93.2 Å². The molecule has 0 bridgehead atoms. The summed E-state index contributed by atoms with van der Waals surface area (Å²) in [4.78, 5) is 11.5. The molecule has 0 spiro atoms. The molecule has 1 rings (SSSR count). The number of carbonyl (C=O) groups excluding carboxylic acids is 1. The van der Waals surface area contributed by atoms with Gasteiger partial charge in [0.1, 0.15) is 11.3 Å². The zero-order valence-electron chi connectivity index (χ0n) is 9.39. The van der Waals surface area contributed by atoms with Gasteiger partial charge in [0, 0.05) is 6.92 Å². The lowest BCUT2D eigenvalue weighted by Crippen LogP contribution is -2.16. The fraction of sp³-hybridized carbons (Fsp3) is 0.273. The minimum absolute atomic E-state index is 0.0448. The predicted molar refractivity (Wildman–Crippen MR) is 57.2 cm³/mol. The lowest BCUT2D eigenvalue weighted by molar-refractivity contribution is -0.754. The van der Waals surface area contributed by atoms with Crippen LogP contribution in [0.25, 0.3) is 0 Å². The van der Waals surface area contributed by atoms with E-state index < -0.39 is 5.97 Å². The number of hydrogen-bond donors (Lipinski definition) is 2. The molecule has 0 unspecified atom stereocenters.